The molecule has 0 aliphatic rings. The highest BCUT2D eigenvalue weighted by atomic mass is 16.5. The monoisotopic (exact) mass is 530 g/mol. The molecular weight excluding hydrogens is 492 g/mol. The fraction of sp³-hybridized carbons (Fsp3) is 0.519. The van der Waals surface area contributed by atoms with Crippen molar-refractivity contribution in [3.63, 3.8) is 0 Å². The summed E-state index contributed by atoms with van der Waals surface area (Å²) in [6.07, 6.45) is -0.0636. The fourth-order valence-electron chi connectivity index (χ4n) is 3.96. The van der Waals surface area contributed by atoms with Crippen LogP contribution in [-0.4, -0.2) is 65.9 Å². The van der Waals surface area contributed by atoms with Gasteiger partial charge in [0.25, 0.3) is 5.91 Å². The molecule has 0 saturated carbocycles. The van der Waals surface area contributed by atoms with Gasteiger partial charge in [-0.3, -0.25) is 14.4 Å². The first-order valence-corrected chi connectivity index (χ1v) is 12.7. The number of carbonyl (C=O) groups excluding carboxylic acids is 4. The van der Waals surface area contributed by atoms with E-state index in [9.17, 15) is 19.2 Å². The molecule has 11 nitrogen and oxygen atoms in total. The Bertz CT molecular complexity index is 1140. The van der Waals surface area contributed by atoms with Crippen molar-refractivity contribution in [2.45, 2.75) is 66.5 Å². The maximum Gasteiger partial charge on any atom is 0.328 e. The van der Waals surface area contributed by atoms with Crippen LogP contribution in [0, 0.1) is 19.8 Å². The number of nitrogens with zero attached hydrogens (tertiary/aromatic N) is 2. The highest BCUT2D eigenvalue weighted by Crippen LogP contribution is 2.21. The molecule has 11 heteroatoms. The highest BCUT2D eigenvalue weighted by molar-refractivity contribution is 6.00. The first-order valence-electron chi connectivity index (χ1n) is 12.7. The number of aromatic nitrogens is 2. The predicted octanol–water partition coefficient (Wildman–Crippen LogP) is 2.64. The lowest BCUT2D eigenvalue weighted by molar-refractivity contribution is -0.149. The Morgan fingerprint density at radius 3 is 2.32 bits per heavy atom. The zero-order valence-electron chi connectivity index (χ0n) is 23.1. The van der Waals surface area contributed by atoms with Gasteiger partial charge in [0.1, 0.15) is 17.8 Å². The molecule has 1 aromatic carbocycles. The van der Waals surface area contributed by atoms with E-state index in [1.165, 1.54) is 0 Å². The second kappa shape index (κ2) is 14.2. The number of nitrogens with one attached hydrogen (secondary N) is 2. The van der Waals surface area contributed by atoms with E-state index < -0.39 is 35.8 Å². The molecule has 1 heterocycles. The topological polar surface area (TPSA) is 138 Å². The number of carbonyl (C=O) groups is 4. The quantitative estimate of drug-likeness (QED) is 0.377. The van der Waals surface area contributed by atoms with Crippen LogP contribution in [0.4, 0.5) is 0 Å². The van der Waals surface area contributed by atoms with Crippen LogP contribution in [0.2, 0.25) is 0 Å². The number of esters is 2. The molecule has 0 spiro atoms. The van der Waals surface area contributed by atoms with E-state index in [-0.39, 0.29) is 32.0 Å². The van der Waals surface area contributed by atoms with Crippen molar-refractivity contribution in [1.29, 1.82) is 0 Å². The molecule has 2 amide bonds. The summed E-state index contributed by atoms with van der Waals surface area (Å²) in [6, 6.07) is 5.26. The average molecular weight is 531 g/mol. The molecule has 0 bridgehead atoms. The van der Waals surface area contributed by atoms with Crippen molar-refractivity contribution in [3.05, 3.63) is 41.2 Å². The minimum absolute atomic E-state index is 0.00763. The van der Waals surface area contributed by atoms with Crippen LogP contribution in [-0.2, 0) is 23.9 Å². The predicted molar refractivity (Wildman–Crippen MR) is 140 cm³/mol. The van der Waals surface area contributed by atoms with E-state index >= 15 is 0 Å². The van der Waals surface area contributed by atoms with Crippen molar-refractivity contribution >= 4 is 23.8 Å². The van der Waals surface area contributed by atoms with Gasteiger partial charge in [-0.05, 0) is 52.2 Å². The summed E-state index contributed by atoms with van der Waals surface area (Å²) in [5, 5.41) is 9.95. The molecule has 0 unspecified atom stereocenters. The van der Waals surface area contributed by atoms with Crippen molar-refractivity contribution < 1.29 is 33.4 Å². The molecule has 2 N–H and O–H groups in total. The number of hydrogen-bond acceptors (Lipinski definition) is 8. The van der Waals surface area contributed by atoms with Crippen molar-refractivity contribution in [1.82, 2.24) is 20.4 Å². The molecule has 0 aliphatic heterocycles. The lowest BCUT2D eigenvalue weighted by Crippen LogP contribution is -2.54. The molecule has 1 aromatic heterocycles. The fourth-order valence-corrected chi connectivity index (χ4v) is 3.96. The van der Waals surface area contributed by atoms with Gasteiger partial charge >= 0.3 is 11.9 Å². The second-order valence-electron chi connectivity index (χ2n) is 9.01. The van der Waals surface area contributed by atoms with Gasteiger partial charge in [-0.15, -0.1) is 0 Å². The van der Waals surface area contributed by atoms with Crippen LogP contribution in [0.5, 0.6) is 5.75 Å². The summed E-state index contributed by atoms with van der Waals surface area (Å²) in [5.41, 5.74) is 2.15. The highest BCUT2D eigenvalue weighted by Gasteiger charge is 2.31. The van der Waals surface area contributed by atoms with Gasteiger partial charge in [-0.1, -0.05) is 19.9 Å². The molecule has 208 valence electrons. The van der Waals surface area contributed by atoms with Gasteiger partial charge in [0, 0.05) is 12.5 Å². The molecule has 2 atom stereocenters. The van der Waals surface area contributed by atoms with Gasteiger partial charge in [-0.2, -0.15) is 5.10 Å². The normalized spacial score (nSPS) is 12.4. The number of hydrogen-bond donors (Lipinski definition) is 2. The Balaban J connectivity index is 2.24. The number of amides is 2. The summed E-state index contributed by atoms with van der Waals surface area (Å²) >= 11 is 0. The van der Waals surface area contributed by atoms with Crippen LogP contribution in [0.1, 0.15) is 62.3 Å². The van der Waals surface area contributed by atoms with Crippen molar-refractivity contribution in [3.8, 4) is 11.4 Å². The van der Waals surface area contributed by atoms with E-state index in [4.69, 9.17) is 14.2 Å². The third kappa shape index (κ3) is 7.80. The molecule has 0 fully saturated rings. The van der Waals surface area contributed by atoms with E-state index in [2.05, 4.69) is 15.7 Å². The summed E-state index contributed by atoms with van der Waals surface area (Å²) < 4.78 is 16.9. The van der Waals surface area contributed by atoms with Gasteiger partial charge in [0.2, 0.25) is 5.91 Å². The molecule has 0 radical (unpaired) electrons. The summed E-state index contributed by atoms with van der Waals surface area (Å²) in [5.74, 6) is -1.83. The SMILES string of the molecule is CCOC(=O)CC[C@@H](NC(=O)[C@@H](NC(=O)c1c(C)nn(-c2cccc(OC)c2)c1C)C(C)C)C(=O)OCC. The van der Waals surface area contributed by atoms with Gasteiger partial charge in [0.15, 0.2) is 0 Å². The smallest absolute Gasteiger partial charge is 0.328 e. The van der Waals surface area contributed by atoms with Crippen LogP contribution >= 0.6 is 0 Å². The van der Waals surface area contributed by atoms with E-state index in [1.807, 2.05) is 18.2 Å². The maximum atomic E-state index is 13.4. The van der Waals surface area contributed by atoms with E-state index in [1.54, 1.807) is 59.4 Å². The van der Waals surface area contributed by atoms with Crippen LogP contribution in [0.25, 0.3) is 5.69 Å². The number of ether oxygens (including phenoxy) is 3. The summed E-state index contributed by atoms with van der Waals surface area (Å²) in [7, 11) is 1.57. The zero-order valence-corrected chi connectivity index (χ0v) is 23.1. The molecule has 0 aliphatic carbocycles. The zero-order chi connectivity index (χ0) is 28.4. The Morgan fingerprint density at radius 2 is 1.71 bits per heavy atom. The molecule has 0 saturated heterocycles. The summed E-state index contributed by atoms with van der Waals surface area (Å²) in [4.78, 5) is 50.8. The standard InChI is InChI=1S/C27H38N4O7/c1-8-37-22(32)14-13-21(27(35)38-9-2)28-26(34)24(16(3)4)29-25(33)23-17(5)30-31(18(23)6)19-11-10-12-20(15-19)36-7/h10-12,15-16,21,24H,8-9,13-14H2,1-7H3,(H,28,34)(H,29,33)/t21-,24+/m1/s1. The van der Waals surface area contributed by atoms with Crippen LogP contribution in [0.3, 0.4) is 0 Å². The number of methoxy groups -OCH3 is 1. The summed E-state index contributed by atoms with van der Waals surface area (Å²) in [6.45, 7) is 10.7. The lowest BCUT2D eigenvalue weighted by Gasteiger charge is -2.25. The Hall–Kier alpha value is -3.89. The van der Waals surface area contributed by atoms with E-state index in [0.717, 1.165) is 5.69 Å². The Labute approximate surface area is 223 Å². The molecular formula is C27H38N4O7. The first kappa shape index (κ1) is 30.3. The molecule has 2 aromatic rings. The minimum Gasteiger partial charge on any atom is -0.497 e. The van der Waals surface area contributed by atoms with Crippen LogP contribution < -0.4 is 15.4 Å². The maximum absolute atomic E-state index is 13.4. The van der Waals surface area contributed by atoms with Crippen molar-refractivity contribution in [2.24, 2.45) is 5.92 Å². The van der Waals surface area contributed by atoms with Gasteiger partial charge in [-0.25, -0.2) is 9.48 Å². The largest absolute Gasteiger partial charge is 0.497 e. The number of aryl methyl sites for hydroxylation is 1. The molecule has 38 heavy (non-hydrogen) atoms. The van der Waals surface area contributed by atoms with Crippen LogP contribution in [0.15, 0.2) is 24.3 Å². The third-order valence-electron chi connectivity index (χ3n) is 5.88. The number of benzene rings is 1. The Kier molecular flexibility index (Phi) is 11.3. The van der Waals surface area contributed by atoms with Gasteiger partial charge in [0.05, 0.1) is 43.0 Å². The third-order valence-corrected chi connectivity index (χ3v) is 5.88. The van der Waals surface area contributed by atoms with Crippen molar-refractivity contribution in [2.75, 3.05) is 20.3 Å². The first-order chi connectivity index (χ1) is 18.0. The Morgan fingerprint density at radius 1 is 1.03 bits per heavy atom. The van der Waals surface area contributed by atoms with E-state index in [0.29, 0.717) is 22.7 Å². The minimum atomic E-state index is -1.07. The lowest BCUT2D eigenvalue weighted by atomic mass is 10.0. The molecule has 2 rings (SSSR count). The second-order valence-corrected chi connectivity index (χ2v) is 9.01. The average Bonchev–Trinajstić information content (AvgIpc) is 3.18. The van der Waals surface area contributed by atoms with Gasteiger partial charge < -0.3 is 24.8 Å². The number of rotatable bonds is 13.